The Morgan fingerprint density at radius 1 is 1.35 bits per heavy atom. The van der Waals surface area contributed by atoms with Crippen LogP contribution in [0.1, 0.15) is 26.3 Å². The van der Waals surface area contributed by atoms with Gasteiger partial charge in [0.05, 0.1) is 16.7 Å². The molecule has 1 amide bonds. The van der Waals surface area contributed by atoms with Gasteiger partial charge >= 0.3 is 6.09 Å². The van der Waals surface area contributed by atoms with E-state index in [4.69, 9.17) is 9.47 Å². The second-order valence-corrected chi connectivity index (χ2v) is 8.03. The average molecular weight is 501 g/mol. The van der Waals surface area contributed by atoms with Crippen LogP contribution in [0.4, 0.5) is 4.79 Å². The molecule has 110 valence electrons. The fourth-order valence-electron chi connectivity index (χ4n) is 1.92. The molecule has 0 bridgehead atoms. The molecule has 0 fully saturated rings. The zero-order chi connectivity index (χ0) is 14.9. The fourth-order valence-corrected chi connectivity index (χ4v) is 4.04. The maximum Gasteiger partial charge on any atom is 0.410 e. The summed E-state index contributed by atoms with van der Waals surface area (Å²) >= 11 is 4.54. The number of ether oxygens (including phenoxy) is 2. The molecule has 0 spiro atoms. The number of nitrogens with zero attached hydrogens (tertiary/aromatic N) is 1. The predicted octanol–water partition coefficient (Wildman–Crippen LogP) is 4.03. The van der Waals surface area contributed by atoms with E-state index in [-0.39, 0.29) is 6.09 Å². The van der Waals surface area contributed by atoms with Gasteiger partial charge in [0, 0.05) is 9.13 Å². The molecular formula is C14H17I2NO3. The van der Waals surface area contributed by atoms with E-state index in [0.717, 1.165) is 18.5 Å². The molecule has 1 aromatic carbocycles. The number of hydrogen-bond acceptors (Lipinski definition) is 3. The van der Waals surface area contributed by atoms with Crippen molar-refractivity contribution in [3.05, 3.63) is 24.8 Å². The first-order chi connectivity index (χ1) is 9.26. The van der Waals surface area contributed by atoms with Crippen LogP contribution < -0.4 is 4.74 Å². The van der Waals surface area contributed by atoms with Crippen LogP contribution in [-0.2, 0) is 11.3 Å². The van der Waals surface area contributed by atoms with E-state index in [1.807, 2.05) is 20.8 Å². The lowest BCUT2D eigenvalue weighted by molar-refractivity contribution is 0.0225. The summed E-state index contributed by atoms with van der Waals surface area (Å²) in [7, 11) is 0. The summed E-state index contributed by atoms with van der Waals surface area (Å²) in [5.74, 6) is 0.886. The Morgan fingerprint density at radius 3 is 2.70 bits per heavy atom. The van der Waals surface area contributed by atoms with Gasteiger partial charge in [-0.2, -0.15) is 0 Å². The van der Waals surface area contributed by atoms with Crippen molar-refractivity contribution < 1.29 is 14.3 Å². The predicted molar refractivity (Wildman–Crippen MR) is 94.0 cm³/mol. The summed E-state index contributed by atoms with van der Waals surface area (Å²) in [4.78, 5) is 13.9. The Morgan fingerprint density at radius 2 is 2.05 bits per heavy atom. The third kappa shape index (κ3) is 4.12. The van der Waals surface area contributed by atoms with Gasteiger partial charge in [0.1, 0.15) is 18.0 Å². The number of halogens is 2. The molecule has 6 heteroatoms. The molecule has 0 radical (unpaired) electrons. The SMILES string of the molecule is CC(C)(C)OC(=O)N1CCOc2c(I)cc(I)cc2C1. The van der Waals surface area contributed by atoms with E-state index < -0.39 is 5.60 Å². The number of carbonyl (C=O) groups excluding carboxylic acids is 1. The van der Waals surface area contributed by atoms with Crippen LogP contribution in [0.2, 0.25) is 0 Å². The Labute approximate surface area is 146 Å². The lowest BCUT2D eigenvalue weighted by atomic mass is 10.2. The quantitative estimate of drug-likeness (QED) is 0.505. The molecule has 1 heterocycles. The van der Waals surface area contributed by atoms with Crippen LogP contribution in [0.5, 0.6) is 5.75 Å². The summed E-state index contributed by atoms with van der Waals surface area (Å²) in [6.45, 7) is 7.17. The van der Waals surface area contributed by atoms with Gasteiger partial charge in [-0.3, -0.25) is 0 Å². The first-order valence-corrected chi connectivity index (χ1v) is 8.50. The van der Waals surface area contributed by atoms with Gasteiger partial charge in [0.15, 0.2) is 0 Å². The zero-order valence-corrected chi connectivity index (χ0v) is 16.0. The van der Waals surface area contributed by atoms with E-state index >= 15 is 0 Å². The lowest BCUT2D eigenvalue weighted by Crippen LogP contribution is -2.37. The number of fused-ring (bicyclic) bond motifs is 1. The van der Waals surface area contributed by atoms with Crippen molar-refractivity contribution in [3.63, 3.8) is 0 Å². The minimum Gasteiger partial charge on any atom is -0.490 e. The zero-order valence-electron chi connectivity index (χ0n) is 11.7. The molecule has 0 unspecified atom stereocenters. The van der Waals surface area contributed by atoms with Crippen LogP contribution in [0.25, 0.3) is 0 Å². The van der Waals surface area contributed by atoms with Crippen molar-refractivity contribution >= 4 is 51.3 Å². The Bertz CT molecular complexity index is 526. The largest absolute Gasteiger partial charge is 0.490 e. The summed E-state index contributed by atoms with van der Waals surface area (Å²) < 4.78 is 13.4. The molecular weight excluding hydrogens is 484 g/mol. The summed E-state index contributed by atoms with van der Waals surface area (Å²) in [5.41, 5.74) is 0.553. The molecule has 2 rings (SSSR count). The molecule has 0 aromatic heterocycles. The lowest BCUT2D eigenvalue weighted by Gasteiger charge is -2.26. The monoisotopic (exact) mass is 501 g/mol. The van der Waals surface area contributed by atoms with E-state index in [1.165, 1.54) is 0 Å². The van der Waals surface area contributed by atoms with Gasteiger partial charge in [0.25, 0.3) is 0 Å². The molecule has 1 aromatic rings. The Hall–Kier alpha value is -0.250. The molecule has 20 heavy (non-hydrogen) atoms. The Kier molecular flexibility index (Phi) is 5.04. The van der Waals surface area contributed by atoms with Crippen LogP contribution >= 0.6 is 45.2 Å². The average Bonchev–Trinajstić information content (AvgIpc) is 2.48. The van der Waals surface area contributed by atoms with Crippen molar-refractivity contribution in [2.75, 3.05) is 13.2 Å². The second kappa shape index (κ2) is 6.25. The van der Waals surface area contributed by atoms with Gasteiger partial charge in [0.2, 0.25) is 0 Å². The maximum atomic E-state index is 12.2. The van der Waals surface area contributed by atoms with Gasteiger partial charge in [-0.25, -0.2) is 4.79 Å². The van der Waals surface area contributed by atoms with Crippen molar-refractivity contribution in [1.29, 1.82) is 0 Å². The number of carbonyl (C=O) groups is 1. The summed E-state index contributed by atoms with van der Waals surface area (Å²) in [6.07, 6.45) is -0.289. The smallest absolute Gasteiger partial charge is 0.410 e. The topological polar surface area (TPSA) is 38.8 Å². The standard InChI is InChI=1S/C14H17I2NO3/c1-14(2,3)20-13(18)17-4-5-19-12-9(8-17)6-10(15)7-11(12)16/h6-7H,4-5,8H2,1-3H3. The van der Waals surface area contributed by atoms with Crippen LogP contribution in [0, 0.1) is 7.14 Å². The molecule has 0 saturated carbocycles. The van der Waals surface area contributed by atoms with Crippen molar-refractivity contribution in [3.8, 4) is 5.75 Å². The third-order valence-corrected chi connectivity index (χ3v) is 4.13. The fraction of sp³-hybridized carbons (Fsp3) is 0.500. The van der Waals surface area contributed by atoms with Gasteiger partial charge in [-0.1, -0.05) is 0 Å². The van der Waals surface area contributed by atoms with Crippen LogP contribution in [-0.4, -0.2) is 29.7 Å². The second-order valence-electron chi connectivity index (χ2n) is 5.63. The van der Waals surface area contributed by atoms with E-state index in [9.17, 15) is 4.79 Å². The van der Waals surface area contributed by atoms with Gasteiger partial charge < -0.3 is 14.4 Å². The molecule has 4 nitrogen and oxygen atoms in total. The summed E-state index contributed by atoms with van der Waals surface area (Å²) in [6, 6.07) is 4.13. The normalized spacial score (nSPS) is 15.2. The highest BCUT2D eigenvalue weighted by atomic mass is 127. The number of benzene rings is 1. The molecule has 0 aliphatic carbocycles. The van der Waals surface area contributed by atoms with E-state index in [0.29, 0.717) is 19.7 Å². The number of rotatable bonds is 0. The van der Waals surface area contributed by atoms with E-state index in [1.54, 1.807) is 4.90 Å². The summed E-state index contributed by atoms with van der Waals surface area (Å²) in [5, 5.41) is 0. The van der Waals surface area contributed by atoms with Gasteiger partial charge in [-0.05, 0) is 78.1 Å². The van der Waals surface area contributed by atoms with Crippen molar-refractivity contribution in [2.24, 2.45) is 0 Å². The first kappa shape index (κ1) is 16.1. The third-order valence-electron chi connectivity index (χ3n) is 2.71. The minimum atomic E-state index is -0.480. The number of amides is 1. The highest BCUT2D eigenvalue weighted by Gasteiger charge is 2.26. The van der Waals surface area contributed by atoms with Crippen LogP contribution in [0.3, 0.4) is 0 Å². The van der Waals surface area contributed by atoms with Gasteiger partial charge in [-0.15, -0.1) is 0 Å². The minimum absolute atomic E-state index is 0.289. The first-order valence-electron chi connectivity index (χ1n) is 6.35. The Balaban J connectivity index is 2.22. The number of hydrogen-bond donors (Lipinski definition) is 0. The van der Waals surface area contributed by atoms with Crippen molar-refractivity contribution in [2.45, 2.75) is 32.9 Å². The highest BCUT2D eigenvalue weighted by molar-refractivity contribution is 14.1. The molecule has 0 atom stereocenters. The van der Waals surface area contributed by atoms with Crippen LogP contribution in [0.15, 0.2) is 12.1 Å². The maximum absolute atomic E-state index is 12.2. The molecule has 1 aliphatic heterocycles. The van der Waals surface area contributed by atoms with Crippen molar-refractivity contribution in [1.82, 2.24) is 4.90 Å². The molecule has 1 aliphatic rings. The molecule has 0 N–H and O–H groups in total. The highest BCUT2D eigenvalue weighted by Crippen LogP contribution is 2.31. The van der Waals surface area contributed by atoms with E-state index in [2.05, 4.69) is 57.3 Å². The molecule has 0 saturated heterocycles.